The summed E-state index contributed by atoms with van der Waals surface area (Å²) in [6, 6.07) is 1.12. The third-order valence-corrected chi connectivity index (χ3v) is 16.3. The number of aromatic nitrogens is 6. The summed E-state index contributed by atoms with van der Waals surface area (Å²) >= 11 is 0. The average molecular weight is 909 g/mol. The molecule has 0 bridgehead atoms. The molecule has 0 atom stereocenters. The summed E-state index contributed by atoms with van der Waals surface area (Å²) < 4.78 is 26.5. The van der Waals surface area contributed by atoms with E-state index < -0.39 is 0 Å². The van der Waals surface area contributed by atoms with Gasteiger partial charge in [-0.05, 0) is 145 Å². The topological polar surface area (TPSA) is 151 Å². The lowest BCUT2D eigenvalue weighted by Crippen LogP contribution is -2.60. The van der Waals surface area contributed by atoms with Gasteiger partial charge in [-0.3, -0.25) is 19.6 Å². The Hall–Kier alpha value is -3.34. The van der Waals surface area contributed by atoms with E-state index in [1.807, 2.05) is 0 Å². The summed E-state index contributed by atoms with van der Waals surface area (Å²) in [4.78, 5) is 38.5. The van der Waals surface area contributed by atoms with Crippen molar-refractivity contribution in [1.29, 1.82) is 0 Å². The van der Waals surface area contributed by atoms with Crippen LogP contribution in [0.2, 0.25) is 0 Å². The molecule has 0 saturated carbocycles. The van der Waals surface area contributed by atoms with Crippen molar-refractivity contribution in [2.75, 3.05) is 51.9 Å². The van der Waals surface area contributed by atoms with Crippen molar-refractivity contribution in [2.24, 2.45) is 0 Å². The first-order valence-corrected chi connectivity index (χ1v) is 24.3. The lowest BCUT2D eigenvalue weighted by atomic mass is 9.79. The van der Waals surface area contributed by atoms with E-state index in [4.69, 9.17) is 48.9 Å². The summed E-state index contributed by atoms with van der Waals surface area (Å²) in [6.45, 7) is 37.4. The third kappa shape index (κ3) is 11.9. The van der Waals surface area contributed by atoms with Gasteiger partial charge in [0.2, 0.25) is 11.9 Å². The predicted molar refractivity (Wildman–Crippen MR) is 260 cm³/mol. The van der Waals surface area contributed by atoms with Crippen LogP contribution in [-0.4, -0.2) is 160 Å². The number of nitrogens with zero attached hydrogens (tertiary/aromatic N) is 10. The fourth-order valence-electron chi connectivity index (χ4n) is 11.6. The van der Waals surface area contributed by atoms with E-state index >= 15 is 0 Å². The number of hydrogen-bond acceptors (Lipinski definition) is 16. The van der Waals surface area contributed by atoms with Gasteiger partial charge >= 0.3 is 24.0 Å². The molecule has 4 aliphatic rings. The van der Waals surface area contributed by atoms with Crippen LogP contribution in [0, 0.1) is 0 Å². The second-order valence-electron chi connectivity index (χ2n) is 25.0. The van der Waals surface area contributed by atoms with E-state index in [0.29, 0.717) is 31.4 Å². The number of likely N-dealkylation sites (tertiary alicyclic amines) is 4. The molecule has 0 unspecified atom stereocenters. The molecule has 2 aromatic heterocycles. The zero-order valence-corrected chi connectivity index (χ0v) is 44.2. The van der Waals surface area contributed by atoms with Crippen LogP contribution in [0.4, 0.5) is 11.9 Å². The molecule has 4 saturated heterocycles. The zero-order valence-electron chi connectivity index (χ0n) is 44.2. The van der Waals surface area contributed by atoms with Gasteiger partial charge in [0.25, 0.3) is 0 Å². The first-order chi connectivity index (χ1) is 29.7. The summed E-state index contributed by atoms with van der Waals surface area (Å²) in [6.07, 6.45) is 7.21. The third-order valence-electron chi connectivity index (χ3n) is 16.3. The summed E-state index contributed by atoms with van der Waals surface area (Å²) in [7, 11) is 8.79. The number of ether oxygens (including phenoxy) is 4. The first kappa shape index (κ1) is 51.1. The number of hydrogen-bond donors (Lipinski definition) is 2. The summed E-state index contributed by atoms with van der Waals surface area (Å²) in [5.41, 5.74) is -0.461. The maximum atomic E-state index is 6.64. The molecule has 2 aromatic rings. The Morgan fingerprint density at radius 1 is 0.354 bits per heavy atom. The minimum atomic E-state index is -0.0670. The summed E-state index contributed by atoms with van der Waals surface area (Å²) in [5, 5.41) is 6.89. The van der Waals surface area contributed by atoms with Crippen LogP contribution in [0.5, 0.6) is 24.0 Å². The minimum absolute atomic E-state index is 0.0576. The highest BCUT2D eigenvalue weighted by Crippen LogP contribution is 2.42. The smallest absolute Gasteiger partial charge is 0.324 e. The number of piperidine rings is 4. The molecule has 368 valence electrons. The van der Waals surface area contributed by atoms with Crippen LogP contribution in [0.15, 0.2) is 0 Å². The second kappa shape index (κ2) is 18.0. The minimum Gasteiger partial charge on any atom is -0.460 e. The van der Waals surface area contributed by atoms with Crippen LogP contribution in [0.3, 0.4) is 0 Å². The molecule has 0 amide bonds. The van der Waals surface area contributed by atoms with Gasteiger partial charge in [0.05, 0.1) is 0 Å². The van der Waals surface area contributed by atoms with E-state index in [1.54, 1.807) is 0 Å². The van der Waals surface area contributed by atoms with Crippen molar-refractivity contribution < 1.29 is 18.9 Å². The van der Waals surface area contributed by atoms with Crippen LogP contribution < -0.4 is 29.6 Å². The normalized spacial score (nSPS) is 26.0. The lowest BCUT2D eigenvalue weighted by molar-refractivity contribution is -0.0617. The average Bonchev–Trinajstić information content (AvgIpc) is 3.13. The van der Waals surface area contributed by atoms with Crippen LogP contribution >= 0.6 is 0 Å². The fourth-order valence-corrected chi connectivity index (χ4v) is 11.6. The molecule has 6 heterocycles. The molecule has 65 heavy (non-hydrogen) atoms. The maximum Gasteiger partial charge on any atom is 0.324 e. The molecule has 0 radical (unpaired) electrons. The Morgan fingerprint density at radius 3 is 0.723 bits per heavy atom. The molecule has 6 rings (SSSR count). The first-order valence-electron chi connectivity index (χ1n) is 24.3. The van der Waals surface area contributed by atoms with Gasteiger partial charge in [0.1, 0.15) is 24.4 Å². The van der Waals surface area contributed by atoms with Crippen LogP contribution in [-0.2, 0) is 0 Å². The largest absolute Gasteiger partial charge is 0.460 e. The highest BCUT2D eigenvalue weighted by atomic mass is 16.5. The lowest BCUT2D eigenvalue weighted by Gasteiger charge is -2.53. The van der Waals surface area contributed by atoms with Crippen molar-refractivity contribution >= 4 is 11.9 Å². The summed E-state index contributed by atoms with van der Waals surface area (Å²) in [5.74, 6) is 0.838. The van der Waals surface area contributed by atoms with E-state index in [0.717, 1.165) is 51.4 Å². The van der Waals surface area contributed by atoms with Gasteiger partial charge in [-0.15, -0.1) is 9.97 Å². The Balaban J connectivity index is 1.17. The fraction of sp³-hybridized carbons (Fsp3) is 0.878. The molecule has 16 nitrogen and oxygen atoms in total. The van der Waals surface area contributed by atoms with Crippen LogP contribution in [0.25, 0.3) is 0 Å². The highest BCUT2D eigenvalue weighted by Gasteiger charge is 2.48. The molecule has 0 spiro atoms. The van der Waals surface area contributed by atoms with Gasteiger partial charge in [-0.1, -0.05) is 0 Å². The Kier molecular flexibility index (Phi) is 14.1. The molecule has 0 aliphatic carbocycles. The van der Waals surface area contributed by atoms with E-state index in [-0.39, 0.29) is 92.8 Å². The van der Waals surface area contributed by atoms with Crippen molar-refractivity contribution in [3.63, 3.8) is 0 Å². The van der Waals surface area contributed by atoms with Gasteiger partial charge in [-0.2, -0.15) is 19.9 Å². The van der Waals surface area contributed by atoms with Crippen molar-refractivity contribution in [3.05, 3.63) is 0 Å². The quantitative estimate of drug-likeness (QED) is 0.176. The van der Waals surface area contributed by atoms with E-state index in [1.165, 1.54) is 0 Å². The van der Waals surface area contributed by atoms with Crippen molar-refractivity contribution in [1.82, 2.24) is 49.5 Å². The van der Waals surface area contributed by atoms with Crippen molar-refractivity contribution in [2.45, 2.75) is 237 Å². The number of rotatable bonds is 14. The molecule has 4 aliphatic heterocycles. The SMILES string of the molecule is CN1C(C)(C)CC(Oc2nc(NCCCNc3nc(OC4CC(C)(C)N(C)C(C)(C)C4)nc(OC4CC(C)(C)N(C)C(C)(C)C4)n3)nc(OC3CC(C)(C)N(C)C(C)(C)C3)n2)CC1(C)C. The standard InChI is InChI=1S/C49H88N12O4/c1-42(2)24-32(25-43(3,4)58(42)17)62-38-52-36(53-39(56-38)63-33-26-44(5,6)59(18)45(7,8)27-33)50-22-21-23-51-37-54-40(64-34-28-46(9,10)60(19)47(11,12)29-34)57-41(55-37)65-35-30-48(13,14)61(20)49(15,16)31-35/h32-35H,21-31H2,1-20H3,(H,50,52,53,56)(H,51,54,55,57). The predicted octanol–water partition coefficient (Wildman–Crippen LogP) is 8.09. The number of anilines is 2. The van der Waals surface area contributed by atoms with E-state index in [2.05, 4.69) is 169 Å². The van der Waals surface area contributed by atoms with Gasteiger partial charge in [-0.25, -0.2) is 0 Å². The Morgan fingerprint density at radius 2 is 0.538 bits per heavy atom. The van der Waals surface area contributed by atoms with Gasteiger partial charge < -0.3 is 29.6 Å². The molecular weight excluding hydrogens is 821 g/mol. The maximum absolute atomic E-state index is 6.64. The second-order valence-corrected chi connectivity index (χ2v) is 25.0. The zero-order chi connectivity index (χ0) is 48.3. The molecule has 16 heteroatoms. The molecule has 2 N–H and O–H groups in total. The highest BCUT2D eigenvalue weighted by molar-refractivity contribution is 5.30. The molecule has 4 fully saturated rings. The Bertz CT molecular complexity index is 1630. The van der Waals surface area contributed by atoms with Crippen LogP contribution in [0.1, 0.15) is 169 Å². The monoisotopic (exact) mass is 909 g/mol. The number of nitrogens with one attached hydrogen (secondary N) is 2. The van der Waals surface area contributed by atoms with Gasteiger partial charge in [0.15, 0.2) is 0 Å². The molecule has 0 aromatic carbocycles. The molecular formula is C49H88N12O4. The van der Waals surface area contributed by atoms with Gasteiger partial charge in [0, 0.05) is 109 Å². The van der Waals surface area contributed by atoms with E-state index in [9.17, 15) is 0 Å². The van der Waals surface area contributed by atoms with Crippen molar-refractivity contribution in [3.8, 4) is 24.0 Å². The Labute approximate surface area is 392 Å².